The number of hydrogen-bond donors (Lipinski definition) is 1. The van der Waals surface area contributed by atoms with Crippen molar-refractivity contribution in [3.8, 4) is 11.5 Å². The van der Waals surface area contributed by atoms with Crippen molar-refractivity contribution in [3.05, 3.63) is 46.2 Å². The van der Waals surface area contributed by atoms with Crippen LogP contribution in [0.3, 0.4) is 0 Å². The number of carbonyl (C=O) groups excluding carboxylic acids is 1. The van der Waals surface area contributed by atoms with Gasteiger partial charge in [-0.15, -0.1) is 0 Å². The molecule has 0 aliphatic carbocycles. The van der Waals surface area contributed by atoms with E-state index in [9.17, 15) is 4.79 Å². The van der Waals surface area contributed by atoms with E-state index in [1.54, 1.807) is 23.3 Å². The first kappa shape index (κ1) is 17.6. The van der Waals surface area contributed by atoms with Crippen molar-refractivity contribution in [2.75, 3.05) is 34.5 Å². The lowest BCUT2D eigenvalue weighted by atomic mass is 10.1. The average molecular weight is 361 g/mol. The molecule has 1 aliphatic heterocycles. The second kappa shape index (κ2) is 7.76. The second-order valence-corrected chi connectivity index (χ2v) is 7.05. The Morgan fingerprint density at radius 2 is 2.04 bits per heavy atom. The Morgan fingerprint density at radius 3 is 2.76 bits per heavy atom. The van der Waals surface area contributed by atoms with Crippen LogP contribution in [0.1, 0.15) is 17.2 Å². The van der Waals surface area contributed by atoms with Crippen molar-refractivity contribution in [1.82, 2.24) is 15.1 Å². The highest BCUT2D eigenvalue weighted by atomic mass is 32.1. The molecule has 1 N–H and O–H groups in total. The fraction of sp³-hybridized carbons (Fsp3) is 0.389. The third-order valence-corrected chi connectivity index (χ3v) is 4.90. The van der Waals surface area contributed by atoms with E-state index >= 15 is 0 Å². The molecule has 6 nitrogen and oxygen atoms in total. The number of thiophene rings is 1. The van der Waals surface area contributed by atoms with Crippen molar-refractivity contribution in [2.45, 2.75) is 12.6 Å². The Labute approximate surface area is 152 Å². The molecule has 1 unspecified atom stereocenters. The third-order valence-electron chi connectivity index (χ3n) is 4.20. The zero-order valence-corrected chi connectivity index (χ0v) is 15.5. The maximum Gasteiger partial charge on any atom is 0.317 e. The standard InChI is InChI=1S/C18H23N3O3S/c1-20(2)15(14-6-7-25-11-14)9-19-18(22)21(3)10-13-4-5-16-17(8-13)24-12-23-16/h4-8,11,15H,9-10,12H2,1-3H3,(H,19,22). The zero-order valence-electron chi connectivity index (χ0n) is 14.7. The minimum atomic E-state index is -0.0975. The van der Waals surface area contributed by atoms with Crippen molar-refractivity contribution < 1.29 is 14.3 Å². The van der Waals surface area contributed by atoms with Crippen LogP contribution in [0.2, 0.25) is 0 Å². The smallest absolute Gasteiger partial charge is 0.317 e. The first-order valence-corrected chi connectivity index (χ1v) is 9.05. The molecule has 0 bridgehead atoms. The van der Waals surface area contributed by atoms with Gasteiger partial charge in [0.1, 0.15) is 0 Å². The topological polar surface area (TPSA) is 54.0 Å². The largest absolute Gasteiger partial charge is 0.454 e. The summed E-state index contributed by atoms with van der Waals surface area (Å²) in [7, 11) is 5.82. The van der Waals surface area contributed by atoms with Crippen molar-refractivity contribution in [2.24, 2.45) is 0 Å². The van der Waals surface area contributed by atoms with Crippen LogP contribution in [0.15, 0.2) is 35.0 Å². The highest BCUT2D eigenvalue weighted by Gasteiger charge is 2.18. The number of hydrogen-bond acceptors (Lipinski definition) is 5. The Bertz CT molecular complexity index is 718. The van der Waals surface area contributed by atoms with E-state index in [0.717, 1.165) is 17.1 Å². The molecule has 1 aromatic heterocycles. The normalized spacial score (nSPS) is 13.8. The highest BCUT2D eigenvalue weighted by Crippen LogP contribution is 2.32. The van der Waals surface area contributed by atoms with Gasteiger partial charge < -0.3 is 24.6 Å². The van der Waals surface area contributed by atoms with Crippen LogP contribution in [-0.4, -0.2) is 50.3 Å². The fourth-order valence-electron chi connectivity index (χ4n) is 2.77. The SMILES string of the molecule is CN(Cc1ccc2c(c1)OCO2)C(=O)NCC(c1ccsc1)N(C)C. The summed E-state index contributed by atoms with van der Waals surface area (Å²) in [6, 6.07) is 7.90. The molecular formula is C18H23N3O3S. The number of nitrogens with zero attached hydrogens (tertiary/aromatic N) is 2. The summed E-state index contributed by atoms with van der Waals surface area (Å²) >= 11 is 1.67. The van der Waals surface area contributed by atoms with Crippen molar-refractivity contribution in [3.63, 3.8) is 0 Å². The predicted molar refractivity (Wildman–Crippen MR) is 98.2 cm³/mol. The number of rotatable bonds is 6. The lowest BCUT2D eigenvalue weighted by molar-refractivity contribution is 0.174. The van der Waals surface area contributed by atoms with E-state index in [4.69, 9.17) is 9.47 Å². The van der Waals surface area contributed by atoms with Crippen LogP contribution in [0.25, 0.3) is 0 Å². The minimum absolute atomic E-state index is 0.0975. The molecule has 134 valence electrons. The Balaban J connectivity index is 1.55. The quantitative estimate of drug-likeness (QED) is 0.860. The first-order chi connectivity index (χ1) is 12.0. The monoisotopic (exact) mass is 361 g/mol. The van der Waals surface area contributed by atoms with Gasteiger partial charge in [0, 0.05) is 20.1 Å². The minimum Gasteiger partial charge on any atom is -0.454 e. The second-order valence-electron chi connectivity index (χ2n) is 6.27. The number of nitrogens with one attached hydrogen (secondary N) is 1. The van der Waals surface area contributed by atoms with E-state index in [1.807, 2.05) is 32.3 Å². The molecule has 0 radical (unpaired) electrons. The molecule has 0 saturated heterocycles. The molecule has 0 spiro atoms. The van der Waals surface area contributed by atoms with Crippen LogP contribution >= 0.6 is 11.3 Å². The number of ether oxygens (including phenoxy) is 2. The molecule has 2 heterocycles. The van der Waals surface area contributed by atoms with Gasteiger partial charge >= 0.3 is 6.03 Å². The molecule has 25 heavy (non-hydrogen) atoms. The van der Waals surface area contributed by atoms with Crippen LogP contribution in [0, 0.1) is 0 Å². The number of urea groups is 1. The van der Waals surface area contributed by atoms with Gasteiger partial charge in [-0.25, -0.2) is 4.79 Å². The predicted octanol–water partition coefficient (Wildman–Crippen LogP) is 2.92. The maximum atomic E-state index is 12.4. The summed E-state index contributed by atoms with van der Waals surface area (Å²) in [5.41, 5.74) is 2.22. The van der Waals surface area contributed by atoms with E-state index in [0.29, 0.717) is 13.1 Å². The molecular weight excluding hydrogens is 338 g/mol. The third kappa shape index (κ3) is 4.24. The zero-order chi connectivity index (χ0) is 17.8. The molecule has 7 heteroatoms. The Kier molecular flexibility index (Phi) is 5.45. The molecule has 1 atom stereocenters. The van der Waals surface area contributed by atoms with Crippen molar-refractivity contribution in [1.29, 1.82) is 0 Å². The average Bonchev–Trinajstić information content (AvgIpc) is 3.25. The fourth-order valence-corrected chi connectivity index (χ4v) is 3.47. The summed E-state index contributed by atoms with van der Waals surface area (Å²) in [4.78, 5) is 16.2. The van der Waals surface area contributed by atoms with Gasteiger partial charge in [0.25, 0.3) is 0 Å². The van der Waals surface area contributed by atoms with Crippen LogP contribution < -0.4 is 14.8 Å². The number of benzene rings is 1. The van der Waals surface area contributed by atoms with Crippen LogP contribution in [-0.2, 0) is 6.54 Å². The molecule has 1 aliphatic rings. The number of likely N-dealkylation sites (N-methyl/N-ethyl adjacent to an activating group) is 1. The molecule has 0 fully saturated rings. The molecule has 0 saturated carbocycles. The highest BCUT2D eigenvalue weighted by molar-refractivity contribution is 7.07. The molecule has 1 aromatic carbocycles. The Morgan fingerprint density at radius 1 is 1.24 bits per heavy atom. The maximum absolute atomic E-state index is 12.4. The van der Waals surface area contributed by atoms with Gasteiger partial charge in [0.2, 0.25) is 6.79 Å². The summed E-state index contributed by atoms with van der Waals surface area (Å²) in [5, 5.41) is 7.19. The van der Waals surface area contributed by atoms with Crippen LogP contribution in [0.4, 0.5) is 4.79 Å². The van der Waals surface area contributed by atoms with Gasteiger partial charge in [-0.05, 0) is 54.2 Å². The lowest BCUT2D eigenvalue weighted by Crippen LogP contribution is -2.41. The van der Waals surface area contributed by atoms with Gasteiger partial charge in [-0.2, -0.15) is 11.3 Å². The number of carbonyl (C=O) groups is 1. The van der Waals surface area contributed by atoms with Gasteiger partial charge in [0.05, 0.1) is 6.04 Å². The molecule has 3 rings (SSSR count). The summed E-state index contributed by atoms with van der Waals surface area (Å²) in [6.45, 7) is 1.32. The van der Waals surface area contributed by atoms with Gasteiger partial charge in [-0.3, -0.25) is 0 Å². The van der Waals surface area contributed by atoms with E-state index in [1.165, 1.54) is 5.56 Å². The summed E-state index contributed by atoms with van der Waals surface area (Å²) in [6.07, 6.45) is 0. The lowest BCUT2D eigenvalue weighted by Gasteiger charge is -2.26. The van der Waals surface area contributed by atoms with E-state index in [2.05, 4.69) is 27.0 Å². The summed E-state index contributed by atoms with van der Waals surface area (Å²) < 4.78 is 10.7. The number of fused-ring (bicyclic) bond motifs is 1. The van der Waals surface area contributed by atoms with Gasteiger partial charge in [0.15, 0.2) is 11.5 Å². The van der Waals surface area contributed by atoms with E-state index < -0.39 is 0 Å². The van der Waals surface area contributed by atoms with E-state index in [-0.39, 0.29) is 18.9 Å². The molecule has 2 amide bonds. The number of amides is 2. The Hall–Kier alpha value is -2.25. The first-order valence-electron chi connectivity index (χ1n) is 8.10. The van der Waals surface area contributed by atoms with Crippen molar-refractivity contribution >= 4 is 17.4 Å². The molecule has 2 aromatic rings. The van der Waals surface area contributed by atoms with Gasteiger partial charge in [-0.1, -0.05) is 6.07 Å². The van der Waals surface area contributed by atoms with Crippen LogP contribution in [0.5, 0.6) is 11.5 Å². The summed E-state index contributed by atoms with van der Waals surface area (Å²) in [5.74, 6) is 1.48.